The van der Waals surface area contributed by atoms with Gasteiger partial charge < -0.3 is 164 Å². The van der Waals surface area contributed by atoms with Crippen LogP contribution in [0.2, 0.25) is 0 Å². The van der Waals surface area contributed by atoms with E-state index in [4.69, 9.17) is 61.6 Å². The van der Waals surface area contributed by atoms with Crippen LogP contribution in [0.25, 0.3) is 0 Å². The summed E-state index contributed by atoms with van der Waals surface area (Å²) < 4.78 is 77.4. The van der Waals surface area contributed by atoms with Gasteiger partial charge in [-0.15, -0.1) is 0 Å². The van der Waals surface area contributed by atoms with Gasteiger partial charge in [0, 0.05) is 6.92 Å². The average molecular weight is 1150 g/mol. The van der Waals surface area contributed by atoms with Crippen LogP contribution in [0.5, 0.6) is 0 Å². The number of ether oxygens (including phenoxy) is 13. The second kappa shape index (κ2) is 26.8. The van der Waals surface area contributed by atoms with Crippen molar-refractivity contribution < 1.29 is 163 Å². The van der Waals surface area contributed by atoms with Gasteiger partial charge in [0.2, 0.25) is 5.91 Å². The number of aliphatic hydroxyl groups is 19. The molecule has 20 N–H and O–H groups in total. The minimum Gasteiger partial charge on any atom is -0.394 e. The van der Waals surface area contributed by atoms with Crippen molar-refractivity contribution >= 4 is 5.91 Å². The molecule has 7 aliphatic heterocycles. The molecule has 34 nitrogen and oxygen atoms in total. The van der Waals surface area contributed by atoms with E-state index < -0.39 is 247 Å². The van der Waals surface area contributed by atoms with Crippen LogP contribution < -0.4 is 5.32 Å². The molecular formula is C44H75NO33. The first-order valence-electron chi connectivity index (χ1n) is 25.2. The molecule has 7 rings (SSSR count). The number of hydrogen-bond donors (Lipinski definition) is 20. The van der Waals surface area contributed by atoms with Crippen molar-refractivity contribution in [3.05, 3.63) is 0 Å². The third kappa shape index (κ3) is 13.1. The van der Waals surface area contributed by atoms with Gasteiger partial charge in [0.1, 0.15) is 153 Å². The molecule has 0 bridgehead atoms. The second-order valence-electron chi connectivity index (χ2n) is 20.3. The van der Waals surface area contributed by atoms with Gasteiger partial charge in [-0.05, 0) is 20.8 Å². The lowest BCUT2D eigenvalue weighted by molar-refractivity contribution is -0.411. The van der Waals surface area contributed by atoms with Gasteiger partial charge in [-0.1, -0.05) is 0 Å². The highest BCUT2D eigenvalue weighted by Crippen LogP contribution is 2.40. The van der Waals surface area contributed by atoms with E-state index in [1.165, 1.54) is 20.8 Å². The van der Waals surface area contributed by atoms with Gasteiger partial charge in [0.15, 0.2) is 44.0 Å². The molecule has 0 spiro atoms. The summed E-state index contributed by atoms with van der Waals surface area (Å²) in [6, 6.07) is -1.97. The normalized spacial score (nSPS) is 53.4. The summed E-state index contributed by atoms with van der Waals surface area (Å²) in [5, 5.41) is 208. The molecule has 1 amide bonds. The lowest BCUT2D eigenvalue weighted by Gasteiger charge is -2.53. The summed E-state index contributed by atoms with van der Waals surface area (Å²) in [4.78, 5) is 13.4. The van der Waals surface area contributed by atoms with Crippen molar-refractivity contribution in [3.8, 4) is 0 Å². The molecule has 78 heavy (non-hydrogen) atoms. The highest BCUT2D eigenvalue weighted by molar-refractivity contribution is 5.73. The van der Waals surface area contributed by atoms with Gasteiger partial charge in [0.05, 0.1) is 44.7 Å². The number of rotatable bonds is 17. The van der Waals surface area contributed by atoms with E-state index >= 15 is 0 Å². The van der Waals surface area contributed by atoms with Gasteiger partial charge in [-0.3, -0.25) is 4.79 Å². The summed E-state index contributed by atoms with van der Waals surface area (Å²) in [7, 11) is 0. The Bertz CT molecular complexity index is 1890. The molecular weight excluding hydrogens is 1070 g/mol. The smallest absolute Gasteiger partial charge is 0.217 e. The fourth-order valence-corrected chi connectivity index (χ4v) is 10.2. The Morgan fingerprint density at radius 3 is 1.15 bits per heavy atom. The van der Waals surface area contributed by atoms with Crippen molar-refractivity contribution in [1.29, 1.82) is 0 Å². The van der Waals surface area contributed by atoms with E-state index in [1.807, 2.05) is 0 Å². The zero-order chi connectivity index (χ0) is 57.5. The molecule has 0 saturated carbocycles. The van der Waals surface area contributed by atoms with Gasteiger partial charge in [-0.25, -0.2) is 0 Å². The van der Waals surface area contributed by atoms with Crippen molar-refractivity contribution in [2.24, 2.45) is 0 Å². The van der Waals surface area contributed by atoms with Crippen LogP contribution in [0.15, 0.2) is 0 Å². The van der Waals surface area contributed by atoms with E-state index in [0.717, 1.165) is 6.92 Å². The number of amides is 1. The molecule has 0 aliphatic carbocycles. The predicted octanol–water partition coefficient (Wildman–Crippen LogP) is -13.0. The largest absolute Gasteiger partial charge is 0.394 e. The van der Waals surface area contributed by atoms with E-state index in [0.29, 0.717) is 0 Å². The maximum absolute atomic E-state index is 13.4. The fourth-order valence-electron chi connectivity index (χ4n) is 10.2. The molecule has 7 heterocycles. The topological polar surface area (TPSA) is 533 Å². The van der Waals surface area contributed by atoms with Gasteiger partial charge in [-0.2, -0.15) is 0 Å². The van der Waals surface area contributed by atoms with Gasteiger partial charge in [0.25, 0.3) is 0 Å². The van der Waals surface area contributed by atoms with Crippen LogP contribution >= 0.6 is 0 Å². The summed E-state index contributed by atoms with van der Waals surface area (Å²) in [5.74, 6) is -0.952. The standard InChI is InChI=1S/C44H75NO33/c1-9-18(51)23(56)29(62)40(66-9)74-33-16(8-49)72-39(17(45-12(4)50)34(33)75-43-36(26(59)21(54)13(5-46)70-43)77-41-30(63)24(57)19(52)10(2)67-41)76-35-22(55)14(6-47)71-44(73-32-15(7-48)69-38(65)28(61)27(32)60)37(35)78-42-31(64)25(58)20(53)11(3)68-42/h9-11,13-44,46-49,51-65H,5-8H2,1-4H3,(H,45,50)/t9-,10-,11-,13-,14-,15-,16-,17-,18+,19+,20+,21+,22+,23+,24+,25+,26+,27-,28-,29-,30-,31-,32-,33-,34-,35+,36-,37-,38?,39+,40-,41-,42-,43+,44+/m1/s1. The molecule has 0 aromatic heterocycles. The van der Waals surface area contributed by atoms with Crippen LogP contribution in [0.4, 0.5) is 0 Å². The molecule has 35 atom stereocenters. The Labute approximate surface area is 443 Å². The number of carbonyl (C=O) groups excluding carboxylic acids is 1. The van der Waals surface area contributed by atoms with E-state index in [-0.39, 0.29) is 0 Å². The highest BCUT2D eigenvalue weighted by Gasteiger charge is 2.60. The van der Waals surface area contributed by atoms with E-state index in [2.05, 4.69) is 5.32 Å². The van der Waals surface area contributed by atoms with Crippen LogP contribution in [0, 0.1) is 0 Å². The first-order valence-corrected chi connectivity index (χ1v) is 25.2. The minimum absolute atomic E-state index is 0.952. The molecule has 7 saturated heterocycles. The maximum Gasteiger partial charge on any atom is 0.217 e. The molecule has 7 fully saturated rings. The molecule has 0 aromatic carbocycles. The zero-order valence-electron chi connectivity index (χ0n) is 42.2. The van der Waals surface area contributed by atoms with E-state index in [9.17, 15) is 102 Å². The number of nitrogens with one attached hydrogen (secondary N) is 1. The van der Waals surface area contributed by atoms with Crippen LogP contribution in [-0.4, -0.2) is 344 Å². The fraction of sp³-hybridized carbons (Fsp3) is 0.977. The number of carbonyl (C=O) groups is 1. The molecule has 0 aromatic rings. The first-order chi connectivity index (χ1) is 36.8. The third-order valence-electron chi connectivity index (χ3n) is 14.8. The van der Waals surface area contributed by atoms with Crippen molar-refractivity contribution in [3.63, 3.8) is 0 Å². The van der Waals surface area contributed by atoms with Crippen LogP contribution in [0.1, 0.15) is 27.7 Å². The minimum atomic E-state index is -2.19. The van der Waals surface area contributed by atoms with E-state index in [1.54, 1.807) is 0 Å². The lowest BCUT2D eigenvalue weighted by atomic mass is 9.93. The molecule has 454 valence electrons. The molecule has 7 aliphatic rings. The Kier molecular flexibility index (Phi) is 21.9. The Balaban J connectivity index is 1.33. The molecule has 1 unspecified atom stereocenters. The zero-order valence-corrected chi connectivity index (χ0v) is 42.2. The lowest BCUT2D eigenvalue weighted by Crippen LogP contribution is -2.72. The first kappa shape index (κ1) is 63.8. The van der Waals surface area contributed by atoms with Crippen molar-refractivity contribution in [2.45, 2.75) is 243 Å². The SMILES string of the molecule is CC(=O)N[C@H]1[C@H](O[C@H]2[C@@H](O)[C@@H](CO)O[C@@H](O[C@H]3[C@H](O)[C@@H](O)C(O)O[C@@H]3CO)[C@@H]2O[C@H]2O[C@H](C)[C@H](O)[C@H](O)[C@H]2O)O[C@H](CO)[C@@H](O[C@H]2O[C@H](C)[C@H](O)[C@H](O)[C@H]2O)[C@@H]1O[C@@H]1O[C@H](CO)[C@H](O)[C@H](O)[C@H]1O[C@H]1O[C@H](C)[C@H](O)[C@H](O)[C@H]1O. The van der Waals surface area contributed by atoms with Crippen molar-refractivity contribution in [1.82, 2.24) is 5.32 Å². The Morgan fingerprint density at radius 2 is 0.692 bits per heavy atom. The van der Waals surface area contributed by atoms with Crippen LogP contribution in [-0.2, 0) is 66.4 Å². The summed E-state index contributed by atoms with van der Waals surface area (Å²) >= 11 is 0. The Hall–Kier alpha value is -1.81. The maximum atomic E-state index is 13.4. The highest BCUT2D eigenvalue weighted by atomic mass is 16.8. The summed E-state index contributed by atoms with van der Waals surface area (Å²) in [5.41, 5.74) is 0. The quantitative estimate of drug-likeness (QED) is 0.0643. The second-order valence-corrected chi connectivity index (χ2v) is 20.3. The molecule has 34 heteroatoms. The molecule has 0 radical (unpaired) electrons. The average Bonchev–Trinajstić information content (AvgIpc) is 3.47. The Morgan fingerprint density at radius 1 is 0.333 bits per heavy atom. The predicted molar refractivity (Wildman–Crippen MR) is 239 cm³/mol. The number of hydrogen-bond acceptors (Lipinski definition) is 33. The third-order valence-corrected chi connectivity index (χ3v) is 14.8. The van der Waals surface area contributed by atoms with Crippen LogP contribution in [0.3, 0.4) is 0 Å². The summed E-state index contributed by atoms with van der Waals surface area (Å²) in [6.07, 6.45) is -65.3. The van der Waals surface area contributed by atoms with Gasteiger partial charge >= 0.3 is 0 Å². The number of aliphatic hydroxyl groups excluding tert-OH is 19. The summed E-state index contributed by atoms with van der Waals surface area (Å²) in [6.45, 7) is 0.562. The monoisotopic (exact) mass is 1150 g/mol. The van der Waals surface area contributed by atoms with Crippen molar-refractivity contribution in [2.75, 3.05) is 26.4 Å².